The Morgan fingerprint density at radius 1 is 1.07 bits per heavy atom. The number of nitrogens with zero attached hydrogens (tertiary/aromatic N) is 3. The van der Waals surface area contributed by atoms with E-state index in [1.54, 1.807) is 4.57 Å². The molecule has 0 N–H and O–H groups in total. The zero-order chi connectivity index (χ0) is 18.6. The van der Waals surface area contributed by atoms with Crippen LogP contribution >= 0.6 is 23.1 Å². The highest BCUT2D eigenvalue weighted by molar-refractivity contribution is 7.99. The molecule has 2 aromatic carbocycles. The van der Waals surface area contributed by atoms with Gasteiger partial charge in [0.15, 0.2) is 5.16 Å². The summed E-state index contributed by atoms with van der Waals surface area (Å²) in [5.74, 6) is 0.595. The second kappa shape index (κ2) is 7.78. The van der Waals surface area contributed by atoms with Crippen molar-refractivity contribution in [2.45, 2.75) is 11.6 Å². The van der Waals surface area contributed by atoms with Gasteiger partial charge in [-0.3, -0.25) is 9.36 Å². The second-order valence-corrected chi connectivity index (χ2v) is 7.92. The monoisotopic (exact) mass is 389 g/mol. The summed E-state index contributed by atoms with van der Waals surface area (Å²) in [5, 5.41) is 10.1. The number of para-hydroxylation sites is 1. The minimum Gasteiger partial charge on any atom is -0.268 e. The number of aromatic nitrogens is 2. The largest absolute Gasteiger partial charge is 0.268 e. The van der Waals surface area contributed by atoms with Crippen LogP contribution in [0.1, 0.15) is 6.42 Å². The SMILES string of the molecule is N#CCCSc1nc2sc(-c3ccccc3)cc2c(=O)n1-c1ccccc1. The van der Waals surface area contributed by atoms with Gasteiger partial charge < -0.3 is 0 Å². The van der Waals surface area contributed by atoms with Crippen LogP contribution in [0, 0.1) is 11.3 Å². The maximum atomic E-state index is 13.3. The lowest BCUT2D eigenvalue weighted by atomic mass is 10.2. The molecule has 2 aromatic heterocycles. The van der Waals surface area contributed by atoms with Crippen LogP contribution in [-0.4, -0.2) is 15.3 Å². The summed E-state index contributed by atoms with van der Waals surface area (Å²) in [6.45, 7) is 0. The number of nitriles is 1. The molecular weight excluding hydrogens is 374 g/mol. The molecule has 0 atom stereocenters. The Kier molecular flexibility index (Phi) is 5.05. The van der Waals surface area contributed by atoms with E-state index in [0.717, 1.165) is 21.0 Å². The minimum atomic E-state index is -0.0795. The van der Waals surface area contributed by atoms with Crippen molar-refractivity contribution in [2.75, 3.05) is 5.75 Å². The van der Waals surface area contributed by atoms with E-state index in [1.807, 2.05) is 66.7 Å². The van der Waals surface area contributed by atoms with Crippen molar-refractivity contribution in [2.24, 2.45) is 0 Å². The molecule has 27 heavy (non-hydrogen) atoms. The Labute approximate surface area is 164 Å². The van der Waals surface area contributed by atoms with Gasteiger partial charge in [-0.1, -0.05) is 60.3 Å². The molecule has 0 aliphatic carbocycles. The molecule has 2 heterocycles. The van der Waals surface area contributed by atoms with Crippen molar-refractivity contribution in [3.8, 4) is 22.2 Å². The van der Waals surface area contributed by atoms with Crippen LogP contribution in [-0.2, 0) is 0 Å². The lowest BCUT2D eigenvalue weighted by Crippen LogP contribution is -2.21. The summed E-state index contributed by atoms with van der Waals surface area (Å²) in [4.78, 5) is 19.8. The van der Waals surface area contributed by atoms with Gasteiger partial charge in [-0.05, 0) is 23.8 Å². The second-order valence-electron chi connectivity index (χ2n) is 5.82. The number of benzene rings is 2. The van der Waals surface area contributed by atoms with E-state index in [2.05, 4.69) is 6.07 Å². The highest BCUT2D eigenvalue weighted by atomic mass is 32.2. The Hall–Kier alpha value is -2.88. The molecule has 4 nitrogen and oxygen atoms in total. The lowest BCUT2D eigenvalue weighted by molar-refractivity contribution is 0.822. The molecule has 132 valence electrons. The highest BCUT2D eigenvalue weighted by Crippen LogP contribution is 2.32. The van der Waals surface area contributed by atoms with E-state index in [9.17, 15) is 4.79 Å². The van der Waals surface area contributed by atoms with E-state index in [-0.39, 0.29) is 5.56 Å². The van der Waals surface area contributed by atoms with Crippen molar-refractivity contribution in [1.82, 2.24) is 9.55 Å². The zero-order valence-corrected chi connectivity index (χ0v) is 16.0. The number of thiophene rings is 1. The first-order valence-electron chi connectivity index (χ1n) is 8.45. The van der Waals surface area contributed by atoms with Crippen LogP contribution in [0.25, 0.3) is 26.3 Å². The Morgan fingerprint density at radius 3 is 2.48 bits per heavy atom. The molecule has 4 aromatic rings. The normalized spacial score (nSPS) is 10.8. The predicted molar refractivity (Wildman–Crippen MR) is 112 cm³/mol. The summed E-state index contributed by atoms with van der Waals surface area (Å²) in [6.07, 6.45) is 0.410. The van der Waals surface area contributed by atoms with Crippen molar-refractivity contribution < 1.29 is 0 Å². The lowest BCUT2D eigenvalue weighted by Gasteiger charge is -2.11. The van der Waals surface area contributed by atoms with Crippen LogP contribution in [0.5, 0.6) is 0 Å². The van der Waals surface area contributed by atoms with Crippen molar-refractivity contribution in [1.29, 1.82) is 5.26 Å². The molecule has 0 aliphatic rings. The molecule has 0 fully saturated rings. The minimum absolute atomic E-state index is 0.0795. The quantitative estimate of drug-likeness (QED) is 0.270. The first-order valence-corrected chi connectivity index (χ1v) is 10.3. The average Bonchev–Trinajstić information content (AvgIpc) is 3.14. The van der Waals surface area contributed by atoms with Crippen LogP contribution in [0.4, 0.5) is 0 Å². The van der Waals surface area contributed by atoms with Gasteiger partial charge in [0.1, 0.15) is 4.83 Å². The summed E-state index contributed by atoms with van der Waals surface area (Å²) >= 11 is 2.96. The molecule has 0 bridgehead atoms. The standard InChI is InChI=1S/C21H15N3OS2/c22-12-7-13-26-21-23-19-17(14-18(27-19)15-8-3-1-4-9-15)20(25)24(21)16-10-5-2-6-11-16/h1-6,8-11,14H,7,13H2. The first kappa shape index (κ1) is 17.5. The number of fused-ring (bicyclic) bond motifs is 1. The van der Waals surface area contributed by atoms with E-state index in [4.69, 9.17) is 10.2 Å². The maximum Gasteiger partial charge on any atom is 0.267 e. The van der Waals surface area contributed by atoms with Gasteiger partial charge >= 0.3 is 0 Å². The number of thioether (sulfide) groups is 1. The highest BCUT2D eigenvalue weighted by Gasteiger charge is 2.16. The van der Waals surface area contributed by atoms with Crippen molar-refractivity contribution in [3.05, 3.63) is 77.1 Å². The molecule has 0 unspecified atom stereocenters. The number of rotatable bonds is 5. The topological polar surface area (TPSA) is 58.7 Å². The average molecular weight is 390 g/mol. The Morgan fingerprint density at radius 2 is 1.78 bits per heavy atom. The van der Waals surface area contributed by atoms with Crippen LogP contribution in [0.15, 0.2) is 76.7 Å². The van der Waals surface area contributed by atoms with Gasteiger partial charge in [0.2, 0.25) is 0 Å². The van der Waals surface area contributed by atoms with Crippen LogP contribution in [0.2, 0.25) is 0 Å². The van der Waals surface area contributed by atoms with Gasteiger partial charge in [0.25, 0.3) is 5.56 Å². The third-order valence-electron chi connectivity index (χ3n) is 4.05. The molecule has 0 radical (unpaired) electrons. The Bertz CT molecular complexity index is 1180. The van der Waals surface area contributed by atoms with E-state index >= 15 is 0 Å². The van der Waals surface area contributed by atoms with E-state index in [0.29, 0.717) is 22.7 Å². The molecule has 0 saturated heterocycles. The zero-order valence-electron chi connectivity index (χ0n) is 14.3. The predicted octanol–water partition coefficient (Wildman–Crippen LogP) is 5.12. The van der Waals surface area contributed by atoms with E-state index < -0.39 is 0 Å². The van der Waals surface area contributed by atoms with Crippen molar-refractivity contribution >= 4 is 33.3 Å². The van der Waals surface area contributed by atoms with Crippen molar-refractivity contribution in [3.63, 3.8) is 0 Å². The van der Waals surface area contributed by atoms with Gasteiger partial charge in [0.05, 0.1) is 17.1 Å². The first-order chi connectivity index (χ1) is 13.3. The smallest absolute Gasteiger partial charge is 0.267 e. The molecule has 0 saturated carbocycles. The van der Waals surface area contributed by atoms with E-state index in [1.165, 1.54) is 23.1 Å². The summed E-state index contributed by atoms with van der Waals surface area (Å²) in [5.41, 5.74) is 1.78. The summed E-state index contributed by atoms with van der Waals surface area (Å²) < 4.78 is 1.64. The van der Waals surface area contributed by atoms with Gasteiger partial charge in [-0.15, -0.1) is 11.3 Å². The molecular formula is C21H15N3OS2. The maximum absolute atomic E-state index is 13.3. The van der Waals surface area contributed by atoms with Crippen LogP contribution in [0.3, 0.4) is 0 Å². The molecule has 6 heteroatoms. The third kappa shape index (κ3) is 3.52. The number of hydrogen-bond acceptors (Lipinski definition) is 5. The Balaban J connectivity index is 1.91. The van der Waals surface area contributed by atoms with Gasteiger partial charge in [-0.25, -0.2) is 4.98 Å². The van der Waals surface area contributed by atoms with Gasteiger partial charge in [-0.2, -0.15) is 5.26 Å². The van der Waals surface area contributed by atoms with Crippen LogP contribution < -0.4 is 5.56 Å². The summed E-state index contributed by atoms with van der Waals surface area (Å²) in [7, 11) is 0. The fraction of sp³-hybridized carbons (Fsp3) is 0.0952. The molecule has 4 rings (SSSR count). The molecule has 0 spiro atoms. The molecule has 0 amide bonds. The fourth-order valence-electron chi connectivity index (χ4n) is 2.80. The third-order valence-corrected chi connectivity index (χ3v) is 6.07. The van der Waals surface area contributed by atoms with Gasteiger partial charge in [0, 0.05) is 17.1 Å². The molecule has 0 aliphatic heterocycles. The summed E-state index contributed by atoms with van der Waals surface area (Å²) in [6, 6.07) is 23.6. The number of hydrogen-bond donors (Lipinski definition) is 0. The fourth-order valence-corrected chi connectivity index (χ4v) is 4.73.